The van der Waals surface area contributed by atoms with Gasteiger partial charge in [0, 0.05) is 19.1 Å². The summed E-state index contributed by atoms with van der Waals surface area (Å²) >= 11 is 5.25. The Morgan fingerprint density at radius 1 is 1.40 bits per heavy atom. The Hall–Kier alpha value is -0.880. The van der Waals surface area contributed by atoms with Crippen LogP contribution in [-0.4, -0.2) is 25.6 Å². The topological polar surface area (TPSA) is 38.5 Å². The van der Waals surface area contributed by atoms with Crippen LogP contribution in [0.1, 0.15) is 17.2 Å². The first-order valence-corrected chi connectivity index (χ1v) is 8.14. The third-order valence-electron chi connectivity index (χ3n) is 3.33. The molecule has 0 radical (unpaired) electrons. The van der Waals surface area contributed by atoms with Gasteiger partial charge in [0.25, 0.3) is 0 Å². The molecule has 1 unspecified atom stereocenters. The smallest absolute Gasteiger partial charge is 0.133 e. The summed E-state index contributed by atoms with van der Waals surface area (Å²) < 4.78 is 6.23. The van der Waals surface area contributed by atoms with Gasteiger partial charge in [0.05, 0.1) is 11.6 Å². The monoisotopic (exact) mass is 354 g/mol. The summed E-state index contributed by atoms with van der Waals surface area (Å²) in [4.78, 5) is 2.27. The minimum Gasteiger partial charge on any atom is -0.496 e. The Kier molecular flexibility index (Phi) is 5.60. The highest BCUT2D eigenvalue weighted by Crippen LogP contribution is 2.30. The van der Waals surface area contributed by atoms with Gasteiger partial charge in [0.2, 0.25) is 0 Å². The Morgan fingerprint density at radius 3 is 2.75 bits per heavy atom. The number of rotatable bonds is 6. The van der Waals surface area contributed by atoms with Crippen LogP contribution in [0.3, 0.4) is 0 Å². The summed E-state index contributed by atoms with van der Waals surface area (Å²) in [5.41, 5.74) is 8.48. The maximum atomic E-state index is 5.97. The molecule has 5 heteroatoms. The summed E-state index contributed by atoms with van der Waals surface area (Å²) in [7, 11) is 3.77. The molecule has 0 saturated carbocycles. The van der Waals surface area contributed by atoms with Crippen molar-refractivity contribution in [1.29, 1.82) is 0 Å². The number of nitrogens with two attached hydrogens (primary N) is 1. The first-order chi connectivity index (χ1) is 9.65. The number of nitrogens with zero attached hydrogens (tertiary/aromatic N) is 1. The van der Waals surface area contributed by atoms with Crippen LogP contribution < -0.4 is 10.5 Å². The molecule has 0 saturated heterocycles. The van der Waals surface area contributed by atoms with Crippen molar-refractivity contribution in [2.45, 2.75) is 12.6 Å². The number of methoxy groups -OCH3 is 1. The molecule has 1 aromatic carbocycles. The van der Waals surface area contributed by atoms with E-state index in [1.165, 1.54) is 11.1 Å². The summed E-state index contributed by atoms with van der Waals surface area (Å²) in [6.07, 6.45) is 0. The van der Waals surface area contributed by atoms with E-state index in [1.807, 2.05) is 6.07 Å². The van der Waals surface area contributed by atoms with Crippen molar-refractivity contribution >= 4 is 27.3 Å². The van der Waals surface area contributed by atoms with Crippen molar-refractivity contribution in [3.05, 3.63) is 50.6 Å². The standard InChI is InChI=1S/C15H19BrN2OS/c1-18(9-11-5-6-20-10-11)14(8-17)12-3-4-15(19-2)13(16)7-12/h3-7,10,14H,8-9,17H2,1-2H3. The zero-order chi connectivity index (χ0) is 14.5. The van der Waals surface area contributed by atoms with Gasteiger partial charge in [-0.15, -0.1) is 0 Å². The van der Waals surface area contributed by atoms with E-state index < -0.39 is 0 Å². The molecule has 1 atom stereocenters. The second-order valence-corrected chi connectivity index (χ2v) is 6.33. The molecule has 0 aliphatic carbocycles. The minimum absolute atomic E-state index is 0.192. The summed E-state index contributed by atoms with van der Waals surface area (Å²) in [6.45, 7) is 1.48. The number of thiophene rings is 1. The zero-order valence-corrected chi connectivity index (χ0v) is 14.1. The van der Waals surface area contributed by atoms with E-state index in [4.69, 9.17) is 10.5 Å². The quantitative estimate of drug-likeness (QED) is 0.860. The molecule has 0 fully saturated rings. The highest BCUT2D eigenvalue weighted by atomic mass is 79.9. The van der Waals surface area contributed by atoms with Crippen molar-refractivity contribution in [3.8, 4) is 5.75 Å². The molecule has 2 aromatic rings. The van der Waals surface area contributed by atoms with E-state index in [-0.39, 0.29) is 6.04 Å². The van der Waals surface area contributed by atoms with Crippen molar-refractivity contribution in [2.75, 3.05) is 20.7 Å². The summed E-state index contributed by atoms with van der Waals surface area (Å²) in [5, 5.41) is 4.28. The molecular weight excluding hydrogens is 336 g/mol. The number of benzene rings is 1. The van der Waals surface area contributed by atoms with E-state index in [2.05, 4.69) is 56.8 Å². The van der Waals surface area contributed by atoms with Gasteiger partial charge >= 0.3 is 0 Å². The van der Waals surface area contributed by atoms with Crippen molar-refractivity contribution in [1.82, 2.24) is 4.90 Å². The molecule has 0 aliphatic rings. The molecule has 2 N–H and O–H groups in total. The molecular formula is C15H19BrN2OS. The second-order valence-electron chi connectivity index (χ2n) is 4.69. The fourth-order valence-electron chi connectivity index (χ4n) is 2.24. The molecule has 0 aliphatic heterocycles. The average molecular weight is 355 g/mol. The average Bonchev–Trinajstić information content (AvgIpc) is 2.92. The van der Waals surface area contributed by atoms with Gasteiger partial charge in [-0.25, -0.2) is 0 Å². The number of hydrogen-bond donors (Lipinski definition) is 1. The first kappa shape index (κ1) is 15.5. The van der Waals surface area contributed by atoms with Gasteiger partial charge in [-0.1, -0.05) is 6.07 Å². The molecule has 1 heterocycles. The molecule has 1 aromatic heterocycles. The van der Waals surface area contributed by atoms with Crippen LogP contribution in [0.2, 0.25) is 0 Å². The van der Waals surface area contributed by atoms with Crippen LogP contribution in [-0.2, 0) is 6.54 Å². The van der Waals surface area contributed by atoms with Crippen LogP contribution >= 0.6 is 27.3 Å². The number of hydrogen-bond acceptors (Lipinski definition) is 4. The van der Waals surface area contributed by atoms with Crippen molar-refractivity contribution < 1.29 is 4.74 Å². The largest absolute Gasteiger partial charge is 0.496 e. The van der Waals surface area contributed by atoms with E-state index in [9.17, 15) is 0 Å². The molecule has 20 heavy (non-hydrogen) atoms. The predicted molar refractivity (Wildman–Crippen MR) is 88.3 cm³/mol. The summed E-state index contributed by atoms with van der Waals surface area (Å²) in [6, 6.07) is 8.47. The highest BCUT2D eigenvalue weighted by molar-refractivity contribution is 9.10. The lowest BCUT2D eigenvalue weighted by Crippen LogP contribution is -2.30. The molecule has 2 rings (SSSR count). The lowest BCUT2D eigenvalue weighted by atomic mass is 10.1. The SMILES string of the molecule is COc1ccc(C(CN)N(C)Cc2ccsc2)cc1Br. The first-order valence-electron chi connectivity index (χ1n) is 6.40. The Labute approximate surface area is 132 Å². The number of ether oxygens (including phenoxy) is 1. The molecule has 108 valence electrons. The summed E-state index contributed by atoms with van der Waals surface area (Å²) in [5.74, 6) is 0.838. The normalized spacial score (nSPS) is 12.7. The Bertz CT molecular complexity index is 545. The maximum Gasteiger partial charge on any atom is 0.133 e. The zero-order valence-electron chi connectivity index (χ0n) is 11.7. The number of likely N-dealkylation sites (N-methyl/N-ethyl adjacent to an activating group) is 1. The van der Waals surface area contributed by atoms with E-state index >= 15 is 0 Å². The lowest BCUT2D eigenvalue weighted by Gasteiger charge is -2.27. The number of halogens is 1. The predicted octanol–water partition coefficient (Wildman–Crippen LogP) is 3.65. The highest BCUT2D eigenvalue weighted by Gasteiger charge is 2.17. The fraction of sp³-hybridized carbons (Fsp3) is 0.333. The van der Waals surface area contributed by atoms with E-state index in [1.54, 1.807) is 18.4 Å². The van der Waals surface area contributed by atoms with Gasteiger partial charge in [-0.2, -0.15) is 11.3 Å². The lowest BCUT2D eigenvalue weighted by molar-refractivity contribution is 0.242. The van der Waals surface area contributed by atoms with E-state index in [0.29, 0.717) is 6.54 Å². The molecule has 0 bridgehead atoms. The second kappa shape index (κ2) is 7.22. The van der Waals surface area contributed by atoms with Crippen LogP contribution in [0.4, 0.5) is 0 Å². The van der Waals surface area contributed by atoms with Crippen molar-refractivity contribution in [2.24, 2.45) is 5.73 Å². The van der Waals surface area contributed by atoms with Gasteiger partial charge in [0.15, 0.2) is 0 Å². The fourth-order valence-corrected chi connectivity index (χ4v) is 3.46. The van der Waals surface area contributed by atoms with E-state index in [0.717, 1.165) is 16.8 Å². The van der Waals surface area contributed by atoms with Crippen LogP contribution in [0, 0.1) is 0 Å². The van der Waals surface area contributed by atoms with Gasteiger partial charge in [-0.3, -0.25) is 4.90 Å². The van der Waals surface area contributed by atoms with Gasteiger partial charge in [-0.05, 0) is 63.1 Å². The van der Waals surface area contributed by atoms with Crippen molar-refractivity contribution in [3.63, 3.8) is 0 Å². The minimum atomic E-state index is 0.192. The Morgan fingerprint density at radius 2 is 2.20 bits per heavy atom. The van der Waals surface area contributed by atoms with Gasteiger partial charge < -0.3 is 10.5 Å². The third-order valence-corrected chi connectivity index (χ3v) is 4.68. The van der Waals surface area contributed by atoms with Gasteiger partial charge in [0.1, 0.15) is 5.75 Å². The molecule has 0 amide bonds. The van der Waals surface area contributed by atoms with Crippen LogP contribution in [0.5, 0.6) is 5.75 Å². The third kappa shape index (κ3) is 3.61. The maximum absolute atomic E-state index is 5.97. The molecule has 3 nitrogen and oxygen atoms in total. The Balaban J connectivity index is 2.16. The molecule has 0 spiro atoms. The van der Waals surface area contributed by atoms with Crippen LogP contribution in [0.25, 0.3) is 0 Å². The van der Waals surface area contributed by atoms with Crippen LogP contribution in [0.15, 0.2) is 39.5 Å².